The second kappa shape index (κ2) is 8.34. The highest BCUT2D eigenvalue weighted by atomic mass is 79.9. The fourth-order valence-electron chi connectivity index (χ4n) is 3.78. The standard InChI is InChI=1S/C26H19BBr/c28-26-18-16-22(17-19-26)20-21-27(23-10-4-1-5-11-23,24-12-6-2-7-13-24)25-14-8-3-9-15-25/h1-19H/q-1. The molecule has 2 heteroatoms. The van der Waals surface area contributed by atoms with Crippen molar-refractivity contribution in [1.29, 1.82) is 0 Å². The van der Waals surface area contributed by atoms with Crippen molar-refractivity contribution in [2.75, 3.05) is 0 Å². The van der Waals surface area contributed by atoms with Gasteiger partial charge in [0.2, 0.25) is 0 Å². The van der Waals surface area contributed by atoms with Crippen LogP contribution in [0, 0.1) is 11.7 Å². The normalized spacial score (nSPS) is 10.8. The number of halogens is 1. The zero-order chi connectivity index (χ0) is 19.2. The summed E-state index contributed by atoms with van der Waals surface area (Å²) in [7, 11) is 0. The van der Waals surface area contributed by atoms with Gasteiger partial charge >= 0.3 is 0 Å². The van der Waals surface area contributed by atoms with Gasteiger partial charge in [-0.3, -0.25) is 5.82 Å². The summed E-state index contributed by atoms with van der Waals surface area (Å²) in [6.45, 7) is 0. The average molecular weight is 422 g/mol. The number of rotatable bonds is 3. The van der Waals surface area contributed by atoms with Crippen molar-refractivity contribution in [2.24, 2.45) is 0 Å². The van der Waals surface area contributed by atoms with Gasteiger partial charge in [0.15, 0.2) is 0 Å². The van der Waals surface area contributed by atoms with E-state index in [0.29, 0.717) is 0 Å². The molecule has 0 radical (unpaired) electrons. The van der Waals surface area contributed by atoms with E-state index in [4.69, 9.17) is 0 Å². The van der Waals surface area contributed by atoms with Crippen molar-refractivity contribution in [2.45, 2.75) is 0 Å². The molecule has 4 aromatic carbocycles. The molecule has 0 amide bonds. The molecule has 0 aliphatic rings. The molecule has 0 fully saturated rings. The lowest BCUT2D eigenvalue weighted by Gasteiger charge is -2.38. The predicted octanol–water partition coefficient (Wildman–Crippen LogP) is 4.51. The van der Waals surface area contributed by atoms with Crippen molar-refractivity contribution in [3.63, 3.8) is 0 Å². The minimum atomic E-state index is -1.42. The van der Waals surface area contributed by atoms with E-state index in [9.17, 15) is 0 Å². The van der Waals surface area contributed by atoms with Crippen LogP contribution in [0.25, 0.3) is 0 Å². The third-order valence-electron chi connectivity index (χ3n) is 5.18. The van der Waals surface area contributed by atoms with E-state index in [1.807, 2.05) is 12.1 Å². The minimum Gasteiger partial charge on any atom is -0.292 e. The van der Waals surface area contributed by atoms with E-state index < -0.39 is 6.15 Å². The first kappa shape index (κ1) is 18.4. The van der Waals surface area contributed by atoms with Gasteiger partial charge < -0.3 is 0 Å². The van der Waals surface area contributed by atoms with E-state index in [0.717, 1.165) is 10.0 Å². The predicted molar refractivity (Wildman–Crippen MR) is 125 cm³/mol. The number of hydrogen-bond acceptors (Lipinski definition) is 0. The Kier molecular flexibility index (Phi) is 5.46. The molecular weight excluding hydrogens is 403 g/mol. The molecule has 0 unspecified atom stereocenters. The Morgan fingerprint density at radius 1 is 0.500 bits per heavy atom. The van der Waals surface area contributed by atoms with Crippen molar-refractivity contribution in [3.8, 4) is 11.7 Å². The topological polar surface area (TPSA) is 0 Å². The molecule has 0 aliphatic heterocycles. The van der Waals surface area contributed by atoms with Gasteiger partial charge in [0, 0.05) is 10.0 Å². The first-order valence-corrected chi connectivity index (χ1v) is 10.2. The maximum absolute atomic E-state index is 3.72. The van der Waals surface area contributed by atoms with Gasteiger partial charge in [0.05, 0.1) is 0 Å². The van der Waals surface area contributed by atoms with E-state index in [1.54, 1.807) is 0 Å². The molecule has 0 saturated heterocycles. The van der Waals surface area contributed by atoms with Crippen molar-refractivity contribution >= 4 is 38.5 Å². The molecule has 0 heterocycles. The molecule has 0 aliphatic carbocycles. The SMILES string of the molecule is Brc1ccc(C#C[B-](c2ccccc2)(c2ccccc2)c2ccccc2)cc1. The highest BCUT2D eigenvalue weighted by Gasteiger charge is 2.27. The van der Waals surface area contributed by atoms with Crippen LogP contribution in [0.4, 0.5) is 0 Å². The smallest absolute Gasteiger partial charge is 0.149 e. The van der Waals surface area contributed by atoms with Crippen LogP contribution in [-0.4, -0.2) is 6.15 Å². The zero-order valence-corrected chi connectivity index (χ0v) is 17.0. The molecule has 4 aromatic rings. The van der Waals surface area contributed by atoms with E-state index in [1.165, 1.54) is 16.4 Å². The molecule has 0 spiro atoms. The van der Waals surface area contributed by atoms with Crippen molar-refractivity contribution in [1.82, 2.24) is 0 Å². The molecule has 4 rings (SSSR count). The van der Waals surface area contributed by atoms with E-state index in [-0.39, 0.29) is 0 Å². The van der Waals surface area contributed by atoms with Crippen LogP contribution in [0.2, 0.25) is 0 Å². The Bertz CT molecular complexity index is 997. The Morgan fingerprint density at radius 3 is 1.29 bits per heavy atom. The molecule has 28 heavy (non-hydrogen) atoms. The largest absolute Gasteiger partial charge is 0.292 e. The van der Waals surface area contributed by atoms with Crippen molar-refractivity contribution in [3.05, 3.63) is 125 Å². The third-order valence-corrected chi connectivity index (χ3v) is 5.70. The van der Waals surface area contributed by atoms with Gasteiger partial charge in [-0.25, -0.2) is 0 Å². The summed E-state index contributed by atoms with van der Waals surface area (Å²) in [6.07, 6.45) is -1.42. The van der Waals surface area contributed by atoms with Crippen LogP contribution in [0.5, 0.6) is 0 Å². The van der Waals surface area contributed by atoms with E-state index in [2.05, 4.69) is 131 Å². The third kappa shape index (κ3) is 3.67. The van der Waals surface area contributed by atoms with Gasteiger partial charge in [-0.1, -0.05) is 107 Å². The van der Waals surface area contributed by atoms with Crippen LogP contribution in [0.3, 0.4) is 0 Å². The van der Waals surface area contributed by atoms with Crippen LogP contribution in [0.15, 0.2) is 120 Å². The van der Waals surface area contributed by atoms with Crippen LogP contribution >= 0.6 is 15.9 Å². The molecule has 0 saturated carbocycles. The van der Waals surface area contributed by atoms with Crippen LogP contribution in [-0.2, 0) is 0 Å². The van der Waals surface area contributed by atoms with Gasteiger partial charge in [-0.2, -0.15) is 16.4 Å². The second-order valence-electron chi connectivity index (χ2n) is 6.87. The quantitative estimate of drug-likeness (QED) is 0.337. The highest BCUT2D eigenvalue weighted by Crippen LogP contribution is 2.11. The Balaban J connectivity index is 2.00. The zero-order valence-electron chi connectivity index (χ0n) is 15.4. The first-order valence-electron chi connectivity index (χ1n) is 9.40. The molecule has 0 nitrogen and oxygen atoms in total. The summed E-state index contributed by atoms with van der Waals surface area (Å²) in [4.78, 5) is 0. The fraction of sp³-hybridized carbons (Fsp3) is 0. The molecule has 0 atom stereocenters. The van der Waals surface area contributed by atoms with Gasteiger partial charge in [0.25, 0.3) is 0 Å². The summed E-state index contributed by atoms with van der Waals surface area (Å²) in [5.41, 5.74) is 4.69. The lowest BCUT2D eigenvalue weighted by molar-refractivity contribution is 1.60. The maximum atomic E-state index is 3.72. The van der Waals surface area contributed by atoms with Crippen molar-refractivity contribution < 1.29 is 0 Å². The molecule has 0 bridgehead atoms. The van der Waals surface area contributed by atoms with E-state index >= 15 is 0 Å². The lowest BCUT2D eigenvalue weighted by atomic mass is 9.16. The average Bonchev–Trinajstić information content (AvgIpc) is 2.78. The van der Waals surface area contributed by atoms with Gasteiger partial charge in [-0.15, -0.1) is 5.92 Å². The summed E-state index contributed by atoms with van der Waals surface area (Å²) in [5, 5.41) is 0. The monoisotopic (exact) mass is 421 g/mol. The summed E-state index contributed by atoms with van der Waals surface area (Å²) in [5.74, 6) is 7.18. The van der Waals surface area contributed by atoms with Crippen LogP contribution < -0.4 is 16.4 Å². The summed E-state index contributed by atoms with van der Waals surface area (Å²) < 4.78 is 1.06. The highest BCUT2D eigenvalue weighted by molar-refractivity contribution is 9.10. The summed E-state index contributed by atoms with van der Waals surface area (Å²) in [6, 6.07) is 40.1. The first-order chi connectivity index (χ1) is 13.8. The van der Waals surface area contributed by atoms with Gasteiger partial charge in [-0.05, 0) is 24.3 Å². The number of benzene rings is 4. The lowest BCUT2D eigenvalue weighted by Crippen LogP contribution is -2.66. The molecular formula is C26H19BBr-. The maximum Gasteiger partial charge on any atom is 0.149 e. The molecule has 0 aromatic heterocycles. The summed E-state index contributed by atoms with van der Waals surface area (Å²) >= 11 is 3.50. The number of hydrogen-bond donors (Lipinski definition) is 0. The second-order valence-corrected chi connectivity index (χ2v) is 7.79. The minimum absolute atomic E-state index is 1.01. The Morgan fingerprint density at radius 2 is 0.893 bits per heavy atom. The van der Waals surface area contributed by atoms with Crippen LogP contribution in [0.1, 0.15) is 5.56 Å². The Labute approximate surface area is 175 Å². The molecule has 0 N–H and O–H groups in total. The fourth-order valence-corrected chi connectivity index (χ4v) is 4.04. The van der Waals surface area contributed by atoms with Gasteiger partial charge in [0.1, 0.15) is 6.15 Å². The molecule has 134 valence electrons. The Hall–Kier alpha value is -3.02.